The molecule has 0 aliphatic carbocycles. The van der Waals surface area contributed by atoms with Crippen molar-refractivity contribution in [2.75, 3.05) is 0 Å². The molecule has 3 aromatic carbocycles. The molecule has 5 rings (SSSR count). The Bertz CT molecular complexity index is 1500. The average molecular weight is 659 g/mol. The van der Waals surface area contributed by atoms with Crippen LogP contribution in [0.4, 0.5) is 0 Å². The molecule has 0 saturated carbocycles. The second-order valence-corrected chi connectivity index (χ2v) is 9.92. The Hall–Kier alpha value is -2.85. The Morgan fingerprint density at radius 1 is 0.914 bits per heavy atom. The Morgan fingerprint density at radius 2 is 1.63 bits per heavy atom. The van der Waals surface area contributed by atoms with Gasteiger partial charge in [0.05, 0.1) is 11.3 Å². The summed E-state index contributed by atoms with van der Waals surface area (Å²) in [5.41, 5.74) is 3.10. The molecule has 1 N–H and O–H groups in total. The average Bonchev–Trinajstić information content (AvgIpc) is 3.23. The first-order valence-electron chi connectivity index (χ1n) is 11.5. The Morgan fingerprint density at radius 3 is 2.37 bits per heavy atom. The molecule has 1 radical (unpaired) electrons. The SMILES string of the molecule is CC(C)C(=O)/C=C(\O)C(C)C.[Ir].[c-]1ccc2c(sc3ccccc32)c1-c1ccc2ccccc2n1. The molecule has 0 aliphatic heterocycles. The smallest absolute Gasteiger partial charge is 0.161 e. The van der Waals surface area contributed by atoms with Crippen molar-refractivity contribution < 1.29 is 30.0 Å². The molecule has 0 spiro atoms. The molecular formula is C30H28IrNO2S-. The van der Waals surface area contributed by atoms with Gasteiger partial charge in [0, 0.05) is 42.7 Å². The second-order valence-electron chi connectivity index (χ2n) is 8.86. The van der Waals surface area contributed by atoms with Crippen LogP contribution in [0.25, 0.3) is 42.3 Å². The van der Waals surface area contributed by atoms with Crippen LogP contribution < -0.4 is 0 Å². The number of pyridine rings is 1. The number of carbonyl (C=O) groups is 1. The largest absolute Gasteiger partial charge is 0.512 e. The van der Waals surface area contributed by atoms with Crippen molar-refractivity contribution in [3.63, 3.8) is 0 Å². The van der Waals surface area contributed by atoms with E-state index < -0.39 is 0 Å². The van der Waals surface area contributed by atoms with Gasteiger partial charge in [-0.3, -0.25) is 9.78 Å². The molecule has 3 nitrogen and oxygen atoms in total. The number of ketones is 1. The summed E-state index contributed by atoms with van der Waals surface area (Å²) in [7, 11) is 0. The maximum atomic E-state index is 11.0. The minimum absolute atomic E-state index is 0. The fourth-order valence-corrected chi connectivity index (χ4v) is 4.77. The zero-order valence-corrected chi connectivity index (χ0v) is 23.4. The van der Waals surface area contributed by atoms with Gasteiger partial charge in [-0.25, -0.2) is 0 Å². The van der Waals surface area contributed by atoms with Crippen LogP contribution in [0.5, 0.6) is 0 Å². The Kier molecular flexibility index (Phi) is 8.96. The fourth-order valence-electron chi connectivity index (χ4n) is 3.57. The zero-order valence-electron chi connectivity index (χ0n) is 20.2. The molecule has 2 heterocycles. The van der Waals surface area contributed by atoms with Crippen molar-refractivity contribution in [1.82, 2.24) is 4.98 Å². The number of nitrogens with zero attached hydrogens (tertiary/aromatic N) is 1. The number of aromatic nitrogens is 1. The summed E-state index contributed by atoms with van der Waals surface area (Å²) in [6.07, 6.45) is 1.31. The van der Waals surface area contributed by atoms with E-state index in [1.165, 1.54) is 31.6 Å². The third-order valence-electron chi connectivity index (χ3n) is 5.64. The summed E-state index contributed by atoms with van der Waals surface area (Å²) in [5, 5.41) is 12.9. The Labute approximate surface area is 223 Å². The number of aliphatic hydroxyl groups is 1. The summed E-state index contributed by atoms with van der Waals surface area (Å²) in [6.45, 7) is 7.32. The van der Waals surface area contributed by atoms with E-state index in [1.807, 2.05) is 57.2 Å². The zero-order chi connectivity index (χ0) is 24.2. The third-order valence-corrected chi connectivity index (χ3v) is 6.85. The molecule has 0 bridgehead atoms. The molecule has 2 aromatic heterocycles. The number of hydrogen-bond acceptors (Lipinski definition) is 4. The van der Waals surface area contributed by atoms with Gasteiger partial charge in [0.25, 0.3) is 0 Å². The van der Waals surface area contributed by atoms with Gasteiger partial charge in [-0.2, -0.15) is 11.3 Å². The van der Waals surface area contributed by atoms with Crippen molar-refractivity contribution in [1.29, 1.82) is 0 Å². The molecule has 5 heteroatoms. The minimum Gasteiger partial charge on any atom is -0.512 e. The van der Waals surface area contributed by atoms with Crippen molar-refractivity contribution in [3.8, 4) is 11.3 Å². The number of para-hydroxylation sites is 1. The van der Waals surface area contributed by atoms with Crippen LogP contribution in [0, 0.1) is 17.9 Å². The fraction of sp³-hybridized carbons (Fsp3) is 0.200. The van der Waals surface area contributed by atoms with Crippen LogP contribution in [0.1, 0.15) is 27.7 Å². The molecule has 35 heavy (non-hydrogen) atoms. The molecule has 0 atom stereocenters. The molecule has 0 aliphatic rings. The predicted octanol–water partition coefficient (Wildman–Crippen LogP) is 8.38. The van der Waals surface area contributed by atoms with Gasteiger partial charge in [-0.05, 0) is 33.3 Å². The van der Waals surface area contributed by atoms with Crippen LogP contribution in [0.15, 0.2) is 84.6 Å². The number of aliphatic hydroxyl groups excluding tert-OH is 1. The standard InChI is InChI=1S/C21H12NS.C9H16O2.Ir/c1-3-10-18-14(6-1)12-13-19(22-18)17-9-5-8-16-15-7-2-4-11-20(15)23-21(16)17;1-6(2)8(10)5-9(11)7(3)4;/h1-8,10-13H;5-7,10H,1-4H3;/q-1;;/b;8-5-;. The van der Waals surface area contributed by atoms with Crippen molar-refractivity contribution in [2.45, 2.75) is 27.7 Å². The number of carbonyl (C=O) groups excluding carboxylic acids is 1. The molecule has 0 unspecified atom stereocenters. The first kappa shape index (κ1) is 26.7. The quantitative estimate of drug-likeness (QED) is 0.120. The van der Waals surface area contributed by atoms with Gasteiger partial charge in [0.15, 0.2) is 5.78 Å². The number of hydrogen-bond donors (Lipinski definition) is 1. The maximum Gasteiger partial charge on any atom is 0.161 e. The van der Waals surface area contributed by atoms with Gasteiger partial charge in [-0.15, -0.1) is 23.8 Å². The number of rotatable bonds is 4. The number of benzene rings is 3. The predicted molar refractivity (Wildman–Crippen MR) is 144 cm³/mol. The molecule has 5 aromatic rings. The van der Waals surface area contributed by atoms with E-state index in [2.05, 4.69) is 60.7 Å². The van der Waals surface area contributed by atoms with E-state index in [4.69, 9.17) is 4.98 Å². The molecule has 181 valence electrons. The van der Waals surface area contributed by atoms with Gasteiger partial charge in [-0.1, -0.05) is 81.6 Å². The van der Waals surface area contributed by atoms with Crippen LogP contribution in [-0.4, -0.2) is 15.9 Å². The Balaban J connectivity index is 0.000000247. The summed E-state index contributed by atoms with van der Waals surface area (Å²) in [5.74, 6) is 0.161. The van der Waals surface area contributed by atoms with Gasteiger partial charge < -0.3 is 5.11 Å². The van der Waals surface area contributed by atoms with Crippen molar-refractivity contribution in [3.05, 3.63) is 90.7 Å². The molecule has 0 amide bonds. The molecule has 0 saturated heterocycles. The molecule has 0 fully saturated rings. The number of allylic oxidation sites excluding steroid dienone is 2. The second kappa shape index (κ2) is 11.7. The van der Waals surface area contributed by atoms with Crippen molar-refractivity contribution >= 4 is 48.2 Å². The van der Waals surface area contributed by atoms with Gasteiger partial charge >= 0.3 is 0 Å². The normalized spacial score (nSPS) is 11.5. The summed E-state index contributed by atoms with van der Waals surface area (Å²) >= 11 is 1.82. The summed E-state index contributed by atoms with van der Waals surface area (Å²) in [6, 6.07) is 28.6. The van der Waals surface area contributed by atoms with Crippen LogP contribution >= 0.6 is 11.3 Å². The first-order valence-corrected chi connectivity index (χ1v) is 12.3. The van der Waals surface area contributed by atoms with E-state index in [0.29, 0.717) is 0 Å². The summed E-state index contributed by atoms with van der Waals surface area (Å²) < 4.78 is 2.57. The minimum atomic E-state index is -0.0316. The first-order chi connectivity index (χ1) is 16.3. The van der Waals surface area contributed by atoms with Crippen LogP contribution in [0.3, 0.4) is 0 Å². The van der Waals surface area contributed by atoms with E-state index in [-0.39, 0.29) is 43.5 Å². The number of thiophene rings is 1. The monoisotopic (exact) mass is 659 g/mol. The van der Waals surface area contributed by atoms with E-state index in [9.17, 15) is 9.90 Å². The van der Waals surface area contributed by atoms with Gasteiger partial charge in [0.2, 0.25) is 0 Å². The van der Waals surface area contributed by atoms with Gasteiger partial charge in [0.1, 0.15) is 0 Å². The van der Waals surface area contributed by atoms with Crippen molar-refractivity contribution in [2.24, 2.45) is 11.8 Å². The third kappa shape index (κ3) is 6.05. The topological polar surface area (TPSA) is 50.2 Å². The molecular weight excluding hydrogens is 631 g/mol. The van der Waals surface area contributed by atoms with E-state index in [0.717, 1.165) is 16.8 Å². The maximum absolute atomic E-state index is 11.0. The van der Waals surface area contributed by atoms with Crippen LogP contribution in [0.2, 0.25) is 0 Å². The van der Waals surface area contributed by atoms with E-state index >= 15 is 0 Å². The van der Waals surface area contributed by atoms with E-state index in [1.54, 1.807) is 0 Å². The summed E-state index contributed by atoms with van der Waals surface area (Å²) in [4.78, 5) is 15.9. The van der Waals surface area contributed by atoms with Crippen LogP contribution in [-0.2, 0) is 24.9 Å². The number of fused-ring (bicyclic) bond motifs is 4.